The van der Waals surface area contributed by atoms with Crippen molar-refractivity contribution in [3.8, 4) is 0 Å². The summed E-state index contributed by atoms with van der Waals surface area (Å²) in [7, 11) is -3.55. The maximum absolute atomic E-state index is 13.2. The topological polar surface area (TPSA) is 84.7 Å². The molecule has 2 aromatic rings. The van der Waals surface area contributed by atoms with E-state index in [-0.39, 0.29) is 5.91 Å². The molecule has 9 heteroatoms. The number of sulfonamides is 1. The number of amides is 1. The van der Waals surface area contributed by atoms with E-state index < -0.39 is 21.7 Å². The molecule has 3 aliphatic heterocycles. The van der Waals surface area contributed by atoms with Crippen LogP contribution in [0.3, 0.4) is 0 Å². The Balaban J connectivity index is 1.36. The van der Waals surface area contributed by atoms with E-state index >= 15 is 0 Å². The van der Waals surface area contributed by atoms with Gasteiger partial charge in [0.05, 0.1) is 11.4 Å². The van der Waals surface area contributed by atoms with E-state index in [0.29, 0.717) is 37.4 Å². The van der Waals surface area contributed by atoms with Gasteiger partial charge in [-0.05, 0) is 44.2 Å². The summed E-state index contributed by atoms with van der Waals surface area (Å²) in [6, 6.07) is 8.51. The fourth-order valence-electron chi connectivity index (χ4n) is 5.01. The molecule has 0 unspecified atom stereocenters. The van der Waals surface area contributed by atoms with Gasteiger partial charge in [-0.1, -0.05) is 18.2 Å². The van der Waals surface area contributed by atoms with Gasteiger partial charge in [-0.25, -0.2) is 13.4 Å². The fourth-order valence-corrected chi connectivity index (χ4v) is 6.48. The Labute approximate surface area is 182 Å². The van der Waals surface area contributed by atoms with E-state index in [1.54, 1.807) is 36.5 Å². The number of rotatable bonds is 3. The summed E-state index contributed by atoms with van der Waals surface area (Å²) >= 11 is 0. The molecule has 1 aromatic heterocycles. The molecule has 166 valence electrons. The summed E-state index contributed by atoms with van der Waals surface area (Å²) in [6.07, 6.45) is 7.25. The number of fused-ring (bicyclic) bond motifs is 2. The number of ether oxygens (including phenoxy) is 1. The lowest BCUT2D eigenvalue weighted by molar-refractivity contribution is -0.179. The monoisotopic (exact) mass is 444 g/mol. The number of carbonyl (C=O) groups is 1. The van der Waals surface area contributed by atoms with Gasteiger partial charge in [-0.3, -0.25) is 4.79 Å². The number of hydrogen-bond acceptors (Lipinski definition) is 5. The van der Waals surface area contributed by atoms with Crippen molar-refractivity contribution >= 4 is 15.9 Å². The lowest BCUT2D eigenvalue weighted by atomic mass is 9.89. The largest absolute Gasteiger partial charge is 0.352 e. The molecule has 0 N–H and O–H groups in total. The molecule has 1 aromatic carbocycles. The van der Waals surface area contributed by atoms with Crippen LogP contribution in [0.15, 0.2) is 47.6 Å². The molecule has 5 rings (SSSR count). The predicted octanol–water partition coefficient (Wildman–Crippen LogP) is 1.97. The number of imidazole rings is 1. The summed E-state index contributed by atoms with van der Waals surface area (Å²) in [5.41, 5.74) is -0.736. The van der Waals surface area contributed by atoms with Crippen LogP contribution in [0.25, 0.3) is 0 Å². The highest BCUT2D eigenvalue weighted by Gasteiger charge is 2.49. The van der Waals surface area contributed by atoms with Crippen molar-refractivity contribution in [3.05, 3.63) is 48.5 Å². The Morgan fingerprint density at radius 1 is 1.03 bits per heavy atom. The smallest absolute Gasteiger partial charge is 0.253 e. The molecule has 4 heterocycles. The van der Waals surface area contributed by atoms with E-state index in [2.05, 4.69) is 4.98 Å². The average Bonchev–Trinajstić information content (AvgIpc) is 3.30. The summed E-state index contributed by atoms with van der Waals surface area (Å²) in [4.78, 5) is 19.9. The molecule has 2 saturated heterocycles. The quantitative estimate of drug-likeness (QED) is 0.723. The maximum atomic E-state index is 13.2. The van der Waals surface area contributed by atoms with Gasteiger partial charge in [0.25, 0.3) is 5.91 Å². The minimum absolute atomic E-state index is 0.0396. The highest BCUT2D eigenvalue weighted by atomic mass is 32.2. The molecule has 2 fully saturated rings. The van der Waals surface area contributed by atoms with Gasteiger partial charge in [0, 0.05) is 38.6 Å². The first-order valence-corrected chi connectivity index (χ1v) is 12.5. The van der Waals surface area contributed by atoms with Crippen LogP contribution in [0.2, 0.25) is 0 Å². The zero-order chi connectivity index (χ0) is 21.5. The van der Waals surface area contributed by atoms with Crippen molar-refractivity contribution in [1.82, 2.24) is 18.8 Å². The molecule has 0 bridgehead atoms. The average molecular weight is 445 g/mol. The fraction of sp³-hybridized carbons (Fsp3) is 0.545. The van der Waals surface area contributed by atoms with Crippen LogP contribution in [0.4, 0.5) is 0 Å². The molecule has 0 aliphatic carbocycles. The van der Waals surface area contributed by atoms with E-state index in [0.717, 1.165) is 38.2 Å². The van der Waals surface area contributed by atoms with Crippen molar-refractivity contribution in [1.29, 1.82) is 0 Å². The lowest BCUT2D eigenvalue weighted by Crippen LogP contribution is -2.55. The zero-order valence-electron chi connectivity index (χ0n) is 17.5. The normalized spacial score (nSPS) is 24.1. The molecule has 0 saturated carbocycles. The van der Waals surface area contributed by atoms with Crippen LogP contribution in [-0.4, -0.2) is 65.4 Å². The summed E-state index contributed by atoms with van der Waals surface area (Å²) in [5.74, 6) is 0.838. The van der Waals surface area contributed by atoms with Crippen LogP contribution in [0.1, 0.15) is 37.9 Å². The van der Waals surface area contributed by atoms with Gasteiger partial charge in [0.15, 0.2) is 6.10 Å². The first kappa shape index (κ1) is 20.7. The highest BCUT2D eigenvalue weighted by Crippen LogP contribution is 2.41. The van der Waals surface area contributed by atoms with Crippen LogP contribution in [-0.2, 0) is 31.7 Å². The SMILES string of the molecule is O=C([C@@H]1Cn2ccnc2C2(CCN(S(=O)(=O)c3ccccc3)CC2)O1)N1CCCCC1. The maximum Gasteiger partial charge on any atom is 0.253 e. The van der Waals surface area contributed by atoms with Crippen molar-refractivity contribution in [3.63, 3.8) is 0 Å². The third kappa shape index (κ3) is 3.68. The number of benzene rings is 1. The van der Waals surface area contributed by atoms with E-state index in [1.165, 1.54) is 4.31 Å². The van der Waals surface area contributed by atoms with E-state index in [4.69, 9.17) is 4.74 Å². The van der Waals surface area contributed by atoms with Gasteiger partial charge >= 0.3 is 0 Å². The van der Waals surface area contributed by atoms with Crippen LogP contribution >= 0.6 is 0 Å². The van der Waals surface area contributed by atoms with E-state index in [9.17, 15) is 13.2 Å². The molecule has 1 spiro atoms. The first-order chi connectivity index (χ1) is 15.0. The molecule has 31 heavy (non-hydrogen) atoms. The van der Waals surface area contributed by atoms with Gasteiger partial charge in [0.1, 0.15) is 11.4 Å². The number of likely N-dealkylation sites (tertiary alicyclic amines) is 1. The Hall–Kier alpha value is -2.23. The standard InChI is InChI=1S/C22H28N4O4S/c27-20(24-12-5-2-6-13-24)19-17-25-16-11-23-21(25)22(30-19)9-14-26(15-10-22)31(28,29)18-7-3-1-4-8-18/h1,3-4,7-8,11,16,19H,2,5-6,9-10,12-15,17H2/t19-/m0/s1. The zero-order valence-corrected chi connectivity index (χ0v) is 18.3. The van der Waals surface area contributed by atoms with Gasteiger partial charge in [-0.2, -0.15) is 4.31 Å². The second kappa shape index (κ2) is 8.03. The van der Waals surface area contributed by atoms with Gasteiger partial charge in [-0.15, -0.1) is 0 Å². The van der Waals surface area contributed by atoms with Crippen molar-refractivity contribution in [2.75, 3.05) is 26.2 Å². The number of aromatic nitrogens is 2. The van der Waals surface area contributed by atoms with Crippen molar-refractivity contribution in [2.24, 2.45) is 0 Å². The predicted molar refractivity (Wildman–Crippen MR) is 114 cm³/mol. The Morgan fingerprint density at radius 3 is 2.45 bits per heavy atom. The molecule has 1 amide bonds. The van der Waals surface area contributed by atoms with Crippen LogP contribution < -0.4 is 0 Å². The lowest BCUT2D eigenvalue weighted by Gasteiger charge is -2.46. The Morgan fingerprint density at radius 2 is 1.74 bits per heavy atom. The third-order valence-corrected chi connectivity index (χ3v) is 8.62. The molecule has 3 aliphatic rings. The molecule has 1 atom stereocenters. The molecule has 0 radical (unpaired) electrons. The number of nitrogens with zero attached hydrogens (tertiary/aromatic N) is 4. The number of piperidine rings is 2. The van der Waals surface area contributed by atoms with Crippen LogP contribution in [0.5, 0.6) is 0 Å². The van der Waals surface area contributed by atoms with Crippen molar-refractivity contribution in [2.45, 2.75) is 55.2 Å². The van der Waals surface area contributed by atoms with Gasteiger partial charge < -0.3 is 14.2 Å². The molecular weight excluding hydrogens is 416 g/mol. The molecular formula is C22H28N4O4S. The third-order valence-electron chi connectivity index (χ3n) is 6.71. The minimum Gasteiger partial charge on any atom is -0.352 e. The second-order valence-corrected chi connectivity index (χ2v) is 10.5. The summed E-state index contributed by atoms with van der Waals surface area (Å²) in [6.45, 7) is 2.68. The first-order valence-electron chi connectivity index (χ1n) is 11.0. The number of hydrogen-bond donors (Lipinski definition) is 0. The Kier molecular flexibility index (Phi) is 5.35. The van der Waals surface area contributed by atoms with Crippen molar-refractivity contribution < 1.29 is 17.9 Å². The summed E-state index contributed by atoms with van der Waals surface area (Å²) in [5, 5.41) is 0. The Bertz CT molecular complexity index is 1040. The number of carbonyl (C=O) groups excluding carboxylic acids is 1. The molecule has 8 nitrogen and oxygen atoms in total. The second-order valence-electron chi connectivity index (χ2n) is 8.61. The van der Waals surface area contributed by atoms with Crippen LogP contribution in [0, 0.1) is 0 Å². The highest BCUT2D eigenvalue weighted by molar-refractivity contribution is 7.89. The minimum atomic E-state index is -3.55. The summed E-state index contributed by atoms with van der Waals surface area (Å²) < 4.78 is 36.1. The van der Waals surface area contributed by atoms with E-state index in [1.807, 2.05) is 15.7 Å². The van der Waals surface area contributed by atoms with Gasteiger partial charge in [0.2, 0.25) is 10.0 Å².